The zero-order valence-electron chi connectivity index (χ0n) is 19.0. The van der Waals surface area contributed by atoms with Gasteiger partial charge in [0.05, 0.1) is 6.04 Å². The van der Waals surface area contributed by atoms with E-state index in [-0.39, 0.29) is 24.0 Å². The van der Waals surface area contributed by atoms with Crippen LogP contribution in [-0.4, -0.2) is 35.4 Å². The van der Waals surface area contributed by atoms with Crippen molar-refractivity contribution in [3.05, 3.63) is 76.5 Å². The minimum absolute atomic E-state index is 0.0385. The summed E-state index contributed by atoms with van der Waals surface area (Å²) in [4.78, 5) is 27.6. The van der Waals surface area contributed by atoms with Crippen molar-refractivity contribution in [3.63, 3.8) is 0 Å². The third-order valence-corrected chi connectivity index (χ3v) is 6.26. The fourth-order valence-corrected chi connectivity index (χ4v) is 4.59. The summed E-state index contributed by atoms with van der Waals surface area (Å²) in [6, 6.07) is 15.8. The third-order valence-electron chi connectivity index (χ3n) is 6.26. The summed E-state index contributed by atoms with van der Waals surface area (Å²) in [6.07, 6.45) is 6.95. The number of amides is 2. The molecule has 1 saturated heterocycles. The van der Waals surface area contributed by atoms with Gasteiger partial charge in [0.2, 0.25) is 0 Å². The number of fused-ring (bicyclic) bond motifs is 1. The lowest BCUT2D eigenvalue weighted by Gasteiger charge is -2.44. The van der Waals surface area contributed by atoms with Gasteiger partial charge in [-0.25, -0.2) is 0 Å². The van der Waals surface area contributed by atoms with Gasteiger partial charge in [0, 0.05) is 18.7 Å². The van der Waals surface area contributed by atoms with Crippen LogP contribution >= 0.6 is 0 Å². The first-order valence-corrected chi connectivity index (χ1v) is 11.7. The molecule has 0 bridgehead atoms. The van der Waals surface area contributed by atoms with E-state index in [1.165, 1.54) is 5.56 Å². The first-order chi connectivity index (χ1) is 15.5. The van der Waals surface area contributed by atoms with E-state index in [4.69, 9.17) is 4.74 Å². The molecule has 2 unspecified atom stereocenters. The number of nitrogens with one attached hydrogen (secondary N) is 1. The van der Waals surface area contributed by atoms with Gasteiger partial charge in [0.1, 0.15) is 6.10 Å². The smallest absolute Gasteiger partial charge is 0.289 e. The Balaban J connectivity index is 1.56. The van der Waals surface area contributed by atoms with Crippen molar-refractivity contribution < 1.29 is 14.3 Å². The molecule has 5 nitrogen and oxygen atoms in total. The fraction of sp³-hybridized carbons (Fsp3) is 0.407. The van der Waals surface area contributed by atoms with Gasteiger partial charge in [-0.2, -0.15) is 0 Å². The van der Waals surface area contributed by atoms with Gasteiger partial charge in [0.15, 0.2) is 5.76 Å². The molecule has 168 valence electrons. The minimum atomic E-state index is -0.0783. The monoisotopic (exact) mass is 432 g/mol. The highest BCUT2D eigenvalue weighted by molar-refractivity contribution is 5.97. The van der Waals surface area contributed by atoms with Crippen LogP contribution in [-0.2, 0) is 16.1 Å². The normalized spacial score (nSPS) is 21.8. The second-order valence-corrected chi connectivity index (χ2v) is 8.82. The van der Waals surface area contributed by atoms with E-state index in [9.17, 15) is 9.59 Å². The van der Waals surface area contributed by atoms with Crippen molar-refractivity contribution in [2.75, 3.05) is 6.54 Å². The summed E-state index contributed by atoms with van der Waals surface area (Å²) in [5.41, 5.74) is 3.81. The highest BCUT2D eigenvalue weighted by atomic mass is 16.5. The van der Waals surface area contributed by atoms with Crippen molar-refractivity contribution in [1.82, 2.24) is 10.2 Å². The van der Waals surface area contributed by atoms with Gasteiger partial charge in [-0.05, 0) is 61.9 Å². The predicted molar refractivity (Wildman–Crippen MR) is 126 cm³/mol. The Labute approximate surface area is 190 Å². The number of hydrogen-bond donors (Lipinski definition) is 1. The number of morpholine rings is 1. The Morgan fingerprint density at radius 1 is 1.16 bits per heavy atom. The lowest BCUT2D eigenvalue weighted by molar-refractivity contribution is -0.149. The summed E-state index contributed by atoms with van der Waals surface area (Å²) < 4.78 is 6.22. The predicted octanol–water partition coefficient (Wildman–Crippen LogP) is 4.85. The molecule has 2 aromatic rings. The second kappa shape index (κ2) is 10.0. The van der Waals surface area contributed by atoms with Crippen LogP contribution in [0.5, 0.6) is 0 Å². The van der Waals surface area contributed by atoms with E-state index in [2.05, 4.69) is 30.4 Å². The molecule has 5 heteroatoms. The van der Waals surface area contributed by atoms with Gasteiger partial charge in [-0.15, -0.1) is 0 Å². The van der Waals surface area contributed by atoms with Gasteiger partial charge >= 0.3 is 0 Å². The number of nitrogens with zero attached hydrogens (tertiary/aromatic N) is 1. The Morgan fingerprint density at radius 3 is 2.69 bits per heavy atom. The quantitative estimate of drug-likeness (QED) is 0.664. The standard InChI is InChI=1S/C27H32N2O3/c1-3-15-28-26(30)22-13-11-20(12-14-22)17-25-27(31)29(18-21-8-6-7-19(2)16-21)23-9-4-5-10-24(23)32-25/h6-8,11-14,16-17,23-24H,3-5,9-10,15,18H2,1-2H3,(H,28,30)/b25-17+. The number of carbonyl (C=O) groups is 2. The molecule has 0 spiro atoms. The second-order valence-electron chi connectivity index (χ2n) is 8.82. The molecule has 2 fully saturated rings. The summed E-state index contributed by atoms with van der Waals surface area (Å²) in [7, 11) is 0. The zero-order chi connectivity index (χ0) is 22.5. The van der Waals surface area contributed by atoms with E-state index in [1.807, 2.05) is 36.1 Å². The van der Waals surface area contributed by atoms with E-state index in [0.29, 0.717) is 24.4 Å². The number of aryl methyl sites for hydroxylation is 1. The molecule has 1 aliphatic heterocycles. The molecule has 2 aliphatic rings. The first kappa shape index (κ1) is 22.1. The third kappa shape index (κ3) is 5.04. The Kier molecular flexibility index (Phi) is 6.93. The lowest BCUT2D eigenvalue weighted by atomic mass is 9.89. The average molecular weight is 433 g/mol. The largest absolute Gasteiger partial charge is 0.482 e. The minimum Gasteiger partial charge on any atom is -0.482 e. The molecule has 1 heterocycles. The summed E-state index contributed by atoms with van der Waals surface area (Å²) in [6.45, 7) is 5.35. The van der Waals surface area contributed by atoms with Crippen molar-refractivity contribution in [1.29, 1.82) is 0 Å². The molecular formula is C27H32N2O3. The van der Waals surface area contributed by atoms with Crippen LogP contribution in [0.4, 0.5) is 0 Å². The molecule has 32 heavy (non-hydrogen) atoms. The molecule has 1 aliphatic carbocycles. The van der Waals surface area contributed by atoms with Crippen molar-refractivity contribution >= 4 is 17.9 Å². The number of hydrogen-bond acceptors (Lipinski definition) is 3. The summed E-state index contributed by atoms with van der Waals surface area (Å²) in [5.74, 6) is 0.258. The number of benzene rings is 2. The van der Waals surface area contributed by atoms with Crippen molar-refractivity contribution in [3.8, 4) is 0 Å². The number of ether oxygens (including phenoxy) is 1. The van der Waals surface area contributed by atoms with Crippen molar-refractivity contribution in [2.24, 2.45) is 0 Å². The van der Waals surface area contributed by atoms with Gasteiger partial charge in [-0.3, -0.25) is 9.59 Å². The van der Waals surface area contributed by atoms with E-state index >= 15 is 0 Å². The molecule has 2 atom stereocenters. The average Bonchev–Trinajstić information content (AvgIpc) is 2.80. The van der Waals surface area contributed by atoms with Crippen LogP contribution in [0, 0.1) is 6.92 Å². The molecule has 0 radical (unpaired) electrons. The Hall–Kier alpha value is -3.08. The lowest BCUT2D eigenvalue weighted by Crippen LogP contribution is -2.54. The van der Waals surface area contributed by atoms with Gasteiger partial charge in [-0.1, -0.05) is 55.3 Å². The highest BCUT2D eigenvalue weighted by Crippen LogP contribution is 2.34. The first-order valence-electron chi connectivity index (χ1n) is 11.7. The van der Waals surface area contributed by atoms with Crippen LogP contribution in [0.2, 0.25) is 0 Å². The van der Waals surface area contributed by atoms with Crippen LogP contribution in [0.25, 0.3) is 6.08 Å². The molecule has 1 N–H and O–H groups in total. The summed E-state index contributed by atoms with van der Waals surface area (Å²) in [5, 5.41) is 2.88. The summed E-state index contributed by atoms with van der Waals surface area (Å²) >= 11 is 0. The van der Waals surface area contributed by atoms with Crippen LogP contribution < -0.4 is 5.32 Å². The van der Waals surface area contributed by atoms with E-state index in [0.717, 1.165) is 43.2 Å². The fourth-order valence-electron chi connectivity index (χ4n) is 4.59. The molecule has 2 aromatic carbocycles. The van der Waals surface area contributed by atoms with E-state index in [1.54, 1.807) is 12.1 Å². The maximum absolute atomic E-state index is 13.4. The Bertz CT molecular complexity index is 996. The Morgan fingerprint density at radius 2 is 1.94 bits per heavy atom. The molecular weight excluding hydrogens is 400 g/mol. The van der Waals surface area contributed by atoms with Crippen molar-refractivity contribution in [2.45, 2.75) is 64.6 Å². The molecule has 1 saturated carbocycles. The SMILES string of the molecule is CCCNC(=O)c1ccc(/C=C2/OC3CCCCC3N(Cc3cccc(C)c3)C2=O)cc1. The molecule has 2 amide bonds. The molecule has 4 rings (SSSR count). The van der Waals surface area contributed by atoms with E-state index < -0.39 is 0 Å². The highest BCUT2D eigenvalue weighted by Gasteiger charge is 2.41. The van der Waals surface area contributed by atoms with Gasteiger partial charge < -0.3 is 15.0 Å². The number of carbonyl (C=O) groups excluding carboxylic acids is 2. The van der Waals surface area contributed by atoms with Crippen LogP contribution in [0.1, 0.15) is 66.1 Å². The topological polar surface area (TPSA) is 58.6 Å². The number of rotatable bonds is 6. The van der Waals surface area contributed by atoms with Gasteiger partial charge in [0.25, 0.3) is 11.8 Å². The maximum atomic E-state index is 13.4. The van der Waals surface area contributed by atoms with Crippen LogP contribution in [0.15, 0.2) is 54.3 Å². The molecule has 0 aromatic heterocycles. The maximum Gasteiger partial charge on any atom is 0.289 e. The van der Waals surface area contributed by atoms with Crippen LogP contribution in [0.3, 0.4) is 0 Å². The zero-order valence-corrected chi connectivity index (χ0v) is 19.0.